The van der Waals surface area contributed by atoms with Gasteiger partial charge in [0.2, 0.25) is 0 Å². The fraction of sp³-hybridized carbons (Fsp3) is 0.333. The van der Waals surface area contributed by atoms with E-state index in [0.29, 0.717) is 0 Å². The van der Waals surface area contributed by atoms with E-state index >= 15 is 0 Å². The molecule has 0 unspecified atom stereocenters. The minimum Gasteiger partial charge on any atom is -0.468 e. The summed E-state index contributed by atoms with van der Waals surface area (Å²) in [5.41, 5.74) is 0. The van der Waals surface area contributed by atoms with E-state index in [0.717, 1.165) is 31.1 Å². The van der Waals surface area contributed by atoms with Crippen LogP contribution in [0.5, 0.6) is 0 Å². The van der Waals surface area contributed by atoms with Crippen molar-refractivity contribution in [3.05, 3.63) is 36.3 Å². The zero-order valence-corrected chi connectivity index (χ0v) is 7.73. The normalized spacial score (nSPS) is 10.6. The predicted octanol–water partition coefficient (Wildman–Crippen LogP) is 0.730. The lowest BCUT2D eigenvalue weighted by molar-refractivity contribution is 0.483. The zero-order valence-electron chi connectivity index (χ0n) is 7.73. The Morgan fingerprint density at radius 3 is 3.21 bits per heavy atom. The lowest BCUT2D eigenvalue weighted by Gasteiger charge is -1.99. The third-order valence-electron chi connectivity index (χ3n) is 1.88. The van der Waals surface area contributed by atoms with E-state index in [-0.39, 0.29) is 0 Å². The molecule has 0 amide bonds. The van der Waals surface area contributed by atoms with Gasteiger partial charge in [-0.15, -0.1) is 0 Å². The minimum atomic E-state index is 0.751. The van der Waals surface area contributed by atoms with Gasteiger partial charge in [0.1, 0.15) is 17.9 Å². The van der Waals surface area contributed by atoms with Gasteiger partial charge >= 0.3 is 0 Å². The summed E-state index contributed by atoms with van der Waals surface area (Å²) in [5, 5.41) is 9.82. The lowest BCUT2D eigenvalue weighted by Crippen LogP contribution is -2.16. The first-order chi connectivity index (χ1) is 6.95. The zero-order chi connectivity index (χ0) is 9.64. The van der Waals surface area contributed by atoms with Crippen LogP contribution < -0.4 is 5.32 Å². The van der Waals surface area contributed by atoms with Crippen LogP contribution in [0.25, 0.3) is 0 Å². The van der Waals surface area contributed by atoms with Crippen molar-refractivity contribution in [1.82, 2.24) is 20.5 Å². The van der Waals surface area contributed by atoms with Gasteiger partial charge in [0.25, 0.3) is 0 Å². The minimum absolute atomic E-state index is 0.751. The number of H-pyrrole nitrogens is 1. The van der Waals surface area contributed by atoms with E-state index in [2.05, 4.69) is 20.5 Å². The quantitative estimate of drug-likeness (QED) is 0.685. The molecule has 0 saturated carbocycles. The standard InChI is InChI=1S/C9H12N4O/c1-2-8(14-5-1)6-10-4-3-9-11-7-12-13-9/h1-2,5,7,10H,3-4,6H2,(H,11,12,13). The molecule has 0 aliphatic carbocycles. The summed E-state index contributed by atoms with van der Waals surface area (Å²) in [6.07, 6.45) is 4.04. The molecule has 5 heteroatoms. The van der Waals surface area contributed by atoms with Gasteiger partial charge in [0.15, 0.2) is 0 Å². The Bertz CT molecular complexity index is 305. The number of hydrogen-bond donors (Lipinski definition) is 2. The number of furan rings is 1. The Morgan fingerprint density at radius 1 is 1.50 bits per heavy atom. The summed E-state index contributed by atoms with van der Waals surface area (Å²) in [4.78, 5) is 4.02. The highest BCUT2D eigenvalue weighted by molar-refractivity contribution is 4.97. The molecule has 74 valence electrons. The molecule has 5 nitrogen and oxygen atoms in total. The number of rotatable bonds is 5. The Labute approximate surface area is 81.5 Å². The summed E-state index contributed by atoms with van der Waals surface area (Å²) < 4.78 is 5.17. The van der Waals surface area contributed by atoms with Gasteiger partial charge < -0.3 is 9.73 Å². The molecule has 0 atom stereocenters. The lowest BCUT2D eigenvalue weighted by atomic mass is 10.4. The summed E-state index contributed by atoms with van der Waals surface area (Å²) >= 11 is 0. The van der Waals surface area contributed by atoms with Crippen molar-refractivity contribution >= 4 is 0 Å². The molecule has 2 aromatic rings. The summed E-state index contributed by atoms with van der Waals surface area (Å²) in [7, 11) is 0. The second kappa shape index (κ2) is 4.57. The van der Waals surface area contributed by atoms with Crippen LogP contribution in [0, 0.1) is 0 Å². The van der Waals surface area contributed by atoms with E-state index in [9.17, 15) is 0 Å². The maximum Gasteiger partial charge on any atom is 0.137 e. The molecule has 2 N–H and O–H groups in total. The molecule has 0 aliphatic rings. The fourth-order valence-corrected chi connectivity index (χ4v) is 1.18. The van der Waals surface area contributed by atoms with E-state index < -0.39 is 0 Å². The number of nitrogens with one attached hydrogen (secondary N) is 2. The fourth-order valence-electron chi connectivity index (χ4n) is 1.18. The second-order valence-corrected chi connectivity index (χ2v) is 2.94. The molecular weight excluding hydrogens is 180 g/mol. The van der Waals surface area contributed by atoms with Crippen LogP contribution in [-0.2, 0) is 13.0 Å². The molecule has 2 heterocycles. The number of aromatic amines is 1. The Morgan fingerprint density at radius 2 is 2.50 bits per heavy atom. The first kappa shape index (κ1) is 8.96. The van der Waals surface area contributed by atoms with Crippen molar-refractivity contribution in [1.29, 1.82) is 0 Å². The third-order valence-corrected chi connectivity index (χ3v) is 1.88. The molecule has 0 bridgehead atoms. The SMILES string of the molecule is c1coc(CNCCc2ncn[nH]2)c1. The summed E-state index contributed by atoms with van der Waals surface area (Å²) in [6, 6.07) is 3.83. The summed E-state index contributed by atoms with van der Waals surface area (Å²) in [5.74, 6) is 1.85. The first-order valence-electron chi connectivity index (χ1n) is 4.52. The van der Waals surface area contributed by atoms with Crippen LogP contribution in [0.4, 0.5) is 0 Å². The van der Waals surface area contributed by atoms with Gasteiger partial charge in [-0.2, -0.15) is 5.10 Å². The molecule has 2 rings (SSSR count). The Kier molecular flexibility index (Phi) is 2.92. The molecule has 0 saturated heterocycles. The van der Waals surface area contributed by atoms with Crippen LogP contribution >= 0.6 is 0 Å². The van der Waals surface area contributed by atoms with Gasteiger partial charge in [0.05, 0.1) is 12.8 Å². The van der Waals surface area contributed by atoms with E-state index in [1.165, 1.54) is 6.33 Å². The van der Waals surface area contributed by atoms with Crippen LogP contribution in [0.1, 0.15) is 11.6 Å². The van der Waals surface area contributed by atoms with Crippen molar-refractivity contribution in [2.24, 2.45) is 0 Å². The maximum absolute atomic E-state index is 5.17. The highest BCUT2D eigenvalue weighted by Gasteiger charge is 1.96. The molecule has 0 spiro atoms. The van der Waals surface area contributed by atoms with Crippen LogP contribution in [0.2, 0.25) is 0 Å². The average molecular weight is 192 g/mol. The molecule has 0 aromatic carbocycles. The van der Waals surface area contributed by atoms with E-state index in [4.69, 9.17) is 4.42 Å². The van der Waals surface area contributed by atoms with Gasteiger partial charge in [-0.05, 0) is 12.1 Å². The highest BCUT2D eigenvalue weighted by Crippen LogP contribution is 1.98. The van der Waals surface area contributed by atoms with Crippen molar-refractivity contribution in [2.75, 3.05) is 6.54 Å². The first-order valence-corrected chi connectivity index (χ1v) is 4.52. The summed E-state index contributed by atoms with van der Waals surface area (Å²) in [6.45, 7) is 1.61. The Balaban J connectivity index is 1.65. The maximum atomic E-state index is 5.17. The van der Waals surface area contributed by atoms with E-state index in [1.54, 1.807) is 6.26 Å². The van der Waals surface area contributed by atoms with Crippen LogP contribution in [0.15, 0.2) is 29.1 Å². The van der Waals surface area contributed by atoms with Crippen molar-refractivity contribution < 1.29 is 4.42 Å². The average Bonchev–Trinajstić information content (AvgIpc) is 2.86. The van der Waals surface area contributed by atoms with Crippen molar-refractivity contribution in [3.8, 4) is 0 Å². The molecule has 14 heavy (non-hydrogen) atoms. The third kappa shape index (κ3) is 2.43. The molecule has 0 radical (unpaired) electrons. The molecule has 0 fully saturated rings. The van der Waals surface area contributed by atoms with Gasteiger partial charge in [-0.25, -0.2) is 4.98 Å². The van der Waals surface area contributed by atoms with Gasteiger partial charge in [-0.1, -0.05) is 0 Å². The Hall–Kier alpha value is -1.62. The number of hydrogen-bond acceptors (Lipinski definition) is 4. The van der Waals surface area contributed by atoms with Gasteiger partial charge in [0, 0.05) is 13.0 Å². The molecular formula is C9H12N4O. The number of aromatic nitrogens is 3. The van der Waals surface area contributed by atoms with Crippen LogP contribution in [0.3, 0.4) is 0 Å². The molecule has 0 aliphatic heterocycles. The smallest absolute Gasteiger partial charge is 0.137 e. The topological polar surface area (TPSA) is 66.7 Å². The monoisotopic (exact) mass is 192 g/mol. The van der Waals surface area contributed by atoms with Crippen molar-refractivity contribution in [2.45, 2.75) is 13.0 Å². The molecule has 2 aromatic heterocycles. The second-order valence-electron chi connectivity index (χ2n) is 2.94. The van der Waals surface area contributed by atoms with E-state index in [1.807, 2.05) is 12.1 Å². The predicted molar refractivity (Wildman–Crippen MR) is 50.5 cm³/mol. The number of nitrogens with zero attached hydrogens (tertiary/aromatic N) is 2. The largest absolute Gasteiger partial charge is 0.468 e. The van der Waals surface area contributed by atoms with Gasteiger partial charge in [-0.3, -0.25) is 5.10 Å². The van der Waals surface area contributed by atoms with Crippen molar-refractivity contribution in [3.63, 3.8) is 0 Å². The highest BCUT2D eigenvalue weighted by atomic mass is 16.3. The van der Waals surface area contributed by atoms with Crippen LogP contribution in [-0.4, -0.2) is 21.7 Å².